The Balaban J connectivity index is 1.69. The van der Waals surface area contributed by atoms with Crippen molar-refractivity contribution >= 4 is 0 Å². The normalized spacial score (nSPS) is 39.9. The molecule has 0 aromatic carbocycles. The molecule has 0 aromatic heterocycles. The van der Waals surface area contributed by atoms with E-state index in [1.165, 1.54) is 32.1 Å². The third kappa shape index (κ3) is 2.98. The molecular formula is C16H29NO2. The van der Waals surface area contributed by atoms with Gasteiger partial charge in [-0.3, -0.25) is 0 Å². The third-order valence-electron chi connectivity index (χ3n) is 5.72. The van der Waals surface area contributed by atoms with Crippen LogP contribution in [0, 0.1) is 5.92 Å². The molecule has 3 heteroatoms. The predicted molar refractivity (Wildman–Crippen MR) is 76.2 cm³/mol. The molecule has 3 rings (SSSR count). The highest BCUT2D eigenvalue weighted by Crippen LogP contribution is 2.45. The van der Waals surface area contributed by atoms with Crippen molar-refractivity contribution in [2.24, 2.45) is 5.92 Å². The molecule has 2 aliphatic heterocycles. The van der Waals surface area contributed by atoms with Crippen LogP contribution in [0.4, 0.5) is 0 Å². The molecular weight excluding hydrogens is 238 g/mol. The van der Waals surface area contributed by atoms with Gasteiger partial charge in [0.1, 0.15) is 0 Å². The van der Waals surface area contributed by atoms with Gasteiger partial charge in [0.25, 0.3) is 0 Å². The zero-order chi connectivity index (χ0) is 13.2. The number of rotatable bonds is 1. The molecule has 3 aliphatic rings. The smallest absolute Gasteiger partial charge is 0.0690 e. The Bertz CT molecular complexity index is 286. The first kappa shape index (κ1) is 13.8. The molecule has 3 fully saturated rings. The van der Waals surface area contributed by atoms with Crippen molar-refractivity contribution in [3.8, 4) is 0 Å². The molecule has 0 aromatic rings. The van der Waals surface area contributed by atoms with Crippen LogP contribution in [-0.2, 0) is 4.74 Å². The number of aliphatic hydroxyl groups is 1. The van der Waals surface area contributed by atoms with E-state index in [0.29, 0.717) is 5.92 Å². The van der Waals surface area contributed by atoms with Crippen LogP contribution in [0.15, 0.2) is 0 Å². The van der Waals surface area contributed by atoms with E-state index >= 15 is 0 Å². The Labute approximate surface area is 117 Å². The van der Waals surface area contributed by atoms with E-state index in [0.717, 1.165) is 51.8 Å². The lowest BCUT2D eigenvalue weighted by Crippen LogP contribution is -2.49. The fraction of sp³-hybridized carbons (Fsp3) is 1.00. The molecule has 2 atom stereocenters. The highest BCUT2D eigenvalue weighted by atomic mass is 16.5. The Morgan fingerprint density at radius 3 is 2.63 bits per heavy atom. The summed E-state index contributed by atoms with van der Waals surface area (Å²) in [5, 5.41) is 14.5. The summed E-state index contributed by atoms with van der Waals surface area (Å²) in [6, 6.07) is 0. The maximum Gasteiger partial charge on any atom is 0.0690 e. The number of hydrogen-bond acceptors (Lipinski definition) is 3. The van der Waals surface area contributed by atoms with Gasteiger partial charge >= 0.3 is 0 Å². The minimum atomic E-state index is -0.433. The molecule has 1 aliphatic carbocycles. The van der Waals surface area contributed by atoms with Gasteiger partial charge in [0.2, 0.25) is 0 Å². The van der Waals surface area contributed by atoms with Gasteiger partial charge in [0.15, 0.2) is 0 Å². The molecule has 19 heavy (non-hydrogen) atoms. The van der Waals surface area contributed by atoms with E-state index in [-0.39, 0.29) is 5.60 Å². The lowest BCUT2D eigenvalue weighted by atomic mass is 9.69. The van der Waals surface area contributed by atoms with Crippen LogP contribution in [0.5, 0.6) is 0 Å². The van der Waals surface area contributed by atoms with Gasteiger partial charge in [0, 0.05) is 6.61 Å². The molecule has 1 spiro atoms. The van der Waals surface area contributed by atoms with E-state index in [1.807, 2.05) is 0 Å². The number of nitrogens with one attached hydrogen (secondary N) is 1. The van der Waals surface area contributed by atoms with Crippen LogP contribution in [0.3, 0.4) is 0 Å². The largest absolute Gasteiger partial charge is 0.390 e. The van der Waals surface area contributed by atoms with Crippen molar-refractivity contribution in [2.75, 3.05) is 19.7 Å². The monoisotopic (exact) mass is 267 g/mol. The van der Waals surface area contributed by atoms with Gasteiger partial charge in [-0.2, -0.15) is 0 Å². The first-order valence-corrected chi connectivity index (χ1v) is 8.30. The molecule has 2 saturated heterocycles. The summed E-state index contributed by atoms with van der Waals surface area (Å²) in [4.78, 5) is 0. The second kappa shape index (κ2) is 5.71. The third-order valence-corrected chi connectivity index (χ3v) is 5.72. The van der Waals surface area contributed by atoms with E-state index in [1.54, 1.807) is 0 Å². The maximum absolute atomic E-state index is 11.1. The first-order valence-electron chi connectivity index (χ1n) is 8.30. The highest BCUT2D eigenvalue weighted by molar-refractivity contribution is 4.97. The topological polar surface area (TPSA) is 41.5 Å². The van der Waals surface area contributed by atoms with Gasteiger partial charge in [-0.05, 0) is 64.0 Å². The number of ether oxygens (including phenoxy) is 1. The van der Waals surface area contributed by atoms with Crippen LogP contribution in [0.1, 0.15) is 64.2 Å². The van der Waals surface area contributed by atoms with Crippen molar-refractivity contribution in [2.45, 2.75) is 75.4 Å². The van der Waals surface area contributed by atoms with Crippen molar-refractivity contribution in [3.63, 3.8) is 0 Å². The lowest BCUT2D eigenvalue weighted by Gasteiger charge is -2.48. The van der Waals surface area contributed by atoms with Crippen molar-refractivity contribution in [1.82, 2.24) is 5.32 Å². The Kier molecular flexibility index (Phi) is 4.16. The summed E-state index contributed by atoms with van der Waals surface area (Å²) in [5.41, 5.74) is -0.311. The van der Waals surface area contributed by atoms with E-state index in [9.17, 15) is 5.11 Å². The van der Waals surface area contributed by atoms with Crippen molar-refractivity contribution in [1.29, 1.82) is 0 Å². The Morgan fingerprint density at radius 1 is 0.947 bits per heavy atom. The van der Waals surface area contributed by atoms with E-state index in [2.05, 4.69) is 5.32 Å². The SMILES string of the molecule is OC1(C2CCOC3(CCCCC3)C2)CCCNCC1. The van der Waals surface area contributed by atoms with Crippen LogP contribution >= 0.6 is 0 Å². The fourth-order valence-corrected chi connectivity index (χ4v) is 4.51. The molecule has 3 nitrogen and oxygen atoms in total. The Hall–Kier alpha value is -0.120. The van der Waals surface area contributed by atoms with Gasteiger partial charge < -0.3 is 15.2 Å². The van der Waals surface area contributed by atoms with Crippen LogP contribution in [0.25, 0.3) is 0 Å². The second-order valence-electron chi connectivity index (χ2n) is 6.99. The second-order valence-corrected chi connectivity index (χ2v) is 6.99. The van der Waals surface area contributed by atoms with Crippen molar-refractivity contribution < 1.29 is 9.84 Å². The molecule has 1 saturated carbocycles. The minimum Gasteiger partial charge on any atom is -0.390 e. The average molecular weight is 267 g/mol. The van der Waals surface area contributed by atoms with E-state index < -0.39 is 5.60 Å². The van der Waals surface area contributed by atoms with Crippen LogP contribution < -0.4 is 5.32 Å². The molecule has 0 amide bonds. The zero-order valence-corrected chi connectivity index (χ0v) is 12.1. The van der Waals surface area contributed by atoms with Gasteiger partial charge in [-0.25, -0.2) is 0 Å². The minimum absolute atomic E-state index is 0.122. The highest BCUT2D eigenvalue weighted by Gasteiger charge is 2.46. The number of hydrogen-bond donors (Lipinski definition) is 2. The molecule has 2 unspecified atom stereocenters. The van der Waals surface area contributed by atoms with Gasteiger partial charge in [-0.15, -0.1) is 0 Å². The maximum atomic E-state index is 11.1. The molecule has 110 valence electrons. The standard InChI is InChI=1S/C16H29NO2/c18-16(8-4-10-17-11-9-16)14-5-12-19-15(13-14)6-2-1-3-7-15/h14,17-18H,1-13H2. The quantitative estimate of drug-likeness (QED) is 0.767. The fourth-order valence-electron chi connectivity index (χ4n) is 4.51. The van der Waals surface area contributed by atoms with E-state index in [4.69, 9.17) is 4.74 Å². The lowest BCUT2D eigenvalue weighted by molar-refractivity contribution is -0.158. The predicted octanol–water partition coefficient (Wildman–Crippen LogP) is 2.62. The summed E-state index contributed by atoms with van der Waals surface area (Å²) < 4.78 is 6.18. The van der Waals surface area contributed by atoms with Crippen molar-refractivity contribution in [3.05, 3.63) is 0 Å². The summed E-state index contributed by atoms with van der Waals surface area (Å²) in [6.07, 6.45) is 11.6. The Morgan fingerprint density at radius 2 is 1.79 bits per heavy atom. The molecule has 2 N–H and O–H groups in total. The van der Waals surface area contributed by atoms with Gasteiger partial charge in [0.05, 0.1) is 11.2 Å². The summed E-state index contributed by atoms with van der Waals surface area (Å²) in [7, 11) is 0. The molecule has 2 heterocycles. The molecule has 0 bridgehead atoms. The average Bonchev–Trinajstić information content (AvgIpc) is 2.66. The molecule has 0 radical (unpaired) electrons. The summed E-state index contributed by atoms with van der Waals surface area (Å²) in [5.74, 6) is 0.458. The first-order chi connectivity index (χ1) is 9.23. The van der Waals surface area contributed by atoms with Crippen LogP contribution in [-0.4, -0.2) is 36.0 Å². The summed E-state index contributed by atoms with van der Waals surface area (Å²) >= 11 is 0. The zero-order valence-electron chi connectivity index (χ0n) is 12.1. The van der Waals surface area contributed by atoms with Crippen LogP contribution in [0.2, 0.25) is 0 Å². The van der Waals surface area contributed by atoms with Gasteiger partial charge in [-0.1, -0.05) is 19.3 Å². The summed E-state index contributed by atoms with van der Waals surface area (Å²) in [6.45, 7) is 2.90.